The largest absolute Gasteiger partial charge is 0.355 e. The summed E-state index contributed by atoms with van der Waals surface area (Å²) in [6, 6.07) is 5.17. The van der Waals surface area contributed by atoms with E-state index in [9.17, 15) is 9.59 Å². The van der Waals surface area contributed by atoms with Gasteiger partial charge in [-0.3, -0.25) is 9.59 Å². The molecule has 0 fully saturated rings. The van der Waals surface area contributed by atoms with Gasteiger partial charge in [0.05, 0.1) is 6.54 Å². The number of aromatic nitrogens is 1. The van der Waals surface area contributed by atoms with Crippen molar-refractivity contribution in [3.8, 4) is 0 Å². The van der Waals surface area contributed by atoms with Crippen LogP contribution < -0.4 is 5.32 Å². The number of hydrogen-bond donors (Lipinski definition) is 1. The maximum Gasteiger partial charge on any atom is 0.272 e. The second-order valence-electron chi connectivity index (χ2n) is 4.42. The van der Waals surface area contributed by atoms with Crippen LogP contribution in [0.4, 0.5) is 0 Å². The van der Waals surface area contributed by atoms with Gasteiger partial charge in [-0.1, -0.05) is 19.9 Å². The van der Waals surface area contributed by atoms with Crippen LogP contribution in [0.25, 0.3) is 0 Å². The van der Waals surface area contributed by atoms with Gasteiger partial charge in [-0.05, 0) is 40.9 Å². The van der Waals surface area contributed by atoms with Crippen molar-refractivity contribution in [2.45, 2.75) is 26.7 Å². The molecule has 0 aliphatic heterocycles. The van der Waals surface area contributed by atoms with Crippen LogP contribution in [0.5, 0.6) is 0 Å². The molecule has 1 aromatic heterocycles. The second kappa shape index (κ2) is 8.68. The van der Waals surface area contributed by atoms with Crippen molar-refractivity contribution in [3.05, 3.63) is 28.5 Å². The van der Waals surface area contributed by atoms with Crippen molar-refractivity contribution in [3.63, 3.8) is 0 Å². The predicted octanol–water partition coefficient (Wildman–Crippen LogP) is 2.22. The van der Waals surface area contributed by atoms with Crippen LogP contribution in [-0.2, 0) is 4.79 Å². The third-order valence-corrected chi connectivity index (χ3v) is 3.06. The monoisotopic (exact) mass is 341 g/mol. The summed E-state index contributed by atoms with van der Waals surface area (Å²) in [6.45, 7) is 5.19. The zero-order chi connectivity index (χ0) is 15.0. The lowest BCUT2D eigenvalue weighted by atomic mass is 10.3. The molecule has 20 heavy (non-hydrogen) atoms. The van der Waals surface area contributed by atoms with Gasteiger partial charge in [0, 0.05) is 13.1 Å². The van der Waals surface area contributed by atoms with Crippen molar-refractivity contribution in [1.82, 2.24) is 15.2 Å². The first-order chi connectivity index (χ1) is 9.58. The van der Waals surface area contributed by atoms with Gasteiger partial charge in [-0.15, -0.1) is 0 Å². The molecule has 0 atom stereocenters. The Balaban J connectivity index is 2.74. The average Bonchev–Trinajstić information content (AvgIpc) is 2.44. The fourth-order valence-corrected chi connectivity index (χ4v) is 2.05. The summed E-state index contributed by atoms with van der Waals surface area (Å²) in [7, 11) is 0. The van der Waals surface area contributed by atoms with Crippen molar-refractivity contribution >= 4 is 27.7 Å². The van der Waals surface area contributed by atoms with Gasteiger partial charge >= 0.3 is 0 Å². The first kappa shape index (κ1) is 16.6. The van der Waals surface area contributed by atoms with Crippen molar-refractivity contribution in [2.75, 3.05) is 19.6 Å². The van der Waals surface area contributed by atoms with E-state index in [2.05, 4.69) is 26.2 Å². The SMILES string of the molecule is CCCNC(=O)CN(CCC)C(=O)c1cccc(Br)n1. The Hall–Kier alpha value is -1.43. The van der Waals surface area contributed by atoms with Crippen LogP contribution in [0, 0.1) is 0 Å². The fourth-order valence-electron chi connectivity index (χ4n) is 1.71. The normalized spacial score (nSPS) is 10.2. The number of nitrogens with zero attached hydrogens (tertiary/aromatic N) is 2. The highest BCUT2D eigenvalue weighted by Gasteiger charge is 2.19. The molecule has 0 bridgehead atoms. The van der Waals surface area contributed by atoms with E-state index in [4.69, 9.17) is 0 Å². The smallest absolute Gasteiger partial charge is 0.272 e. The lowest BCUT2D eigenvalue weighted by Gasteiger charge is -2.21. The van der Waals surface area contributed by atoms with Gasteiger partial charge in [0.2, 0.25) is 5.91 Å². The molecule has 0 spiro atoms. The molecule has 1 N–H and O–H groups in total. The van der Waals surface area contributed by atoms with E-state index < -0.39 is 0 Å². The number of carbonyl (C=O) groups excluding carboxylic acids is 2. The van der Waals surface area contributed by atoms with Crippen LogP contribution in [0.1, 0.15) is 37.2 Å². The topological polar surface area (TPSA) is 62.3 Å². The summed E-state index contributed by atoms with van der Waals surface area (Å²) in [5.41, 5.74) is 0.344. The van der Waals surface area contributed by atoms with Crippen LogP contribution in [0.2, 0.25) is 0 Å². The number of amides is 2. The van der Waals surface area contributed by atoms with E-state index in [-0.39, 0.29) is 18.4 Å². The lowest BCUT2D eigenvalue weighted by Crippen LogP contribution is -2.41. The first-order valence-corrected chi connectivity index (χ1v) is 7.56. The molecular formula is C14H20BrN3O2. The highest BCUT2D eigenvalue weighted by Crippen LogP contribution is 2.09. The Labute approximate surface area is 127 Å². The molecule has 1 rings (SSSR count). The van der Waals surface area contributed by atoms with E-state index >= 15 is 0 Å². The van der Waals surface area contributed by atoms with E-state index in [1.54, 1.807) is 18.2 Å². The number of halogens is 1. The second-order valence-corrected chi connectivity index (χ2v) is 5.23. The van der Waals surface area contributed by atoms with E-state index in [0.717, 1.165) is 12.8 Å². The molecule has 2 amide bonds. The molecule has 5 nitrogen and oxygen atoms in total. The van der Waals surface area contributed by atoms with Crippen molar-refractivity contribution in [2.24, 2.45) is 0 Å². The Morgan fingerprint density at radius 3 is 2.65 bits per heavy atom. The molecular weight excluding hydrogens is 322 g/mol. The third kappa shape index (κ3) is 5.28. The van der Waals surface area contributed by atoms with Crippen LogP contribution in [-0.4, -0.2) is 41.3 Å². The number of hydrogen-bond acceptors (Lipinski definition) is 3. The Kier molecular flexibility index (Phi) is 7.22. The van der Waals surface area contributed by atoms with Gasteiger partial charge < -0.3 is 10.2 Å². The van der Waals surface area contributed by atoms with Crippen molar-refractivity contribution in [1.29, 1.82) is 0 Å². The zero-order valence-corrected chi connectivity index (χ0v) is 13.4. The molecule has 0 aliphatic rings. The van der Waals surface area contributed by atoms with Crippen molar-refractivity contribution < 1.29 is 9.59 Å². The highest BCUT2D eigenvalue weighted by molar-refractivity contribution is 9.10. The third-order valence-electron chi connectivity index (χ3n) is 2.62. The molecule has 0 saturated carbocycles. The number of carbonyl (C=O) groups is 2. The van der Waals surface area contributed by atoms with Crippen LogP contribution >= 0.6 is 15.9 Å². The predicted molar refractivity (Wildman–Crippen MR) is 81.4 cm³/mol. The van der Waals surface area contributed by atoms with E-state index in [1.807, 2.05) is 13.8 Å². The van der Waals surface area contributed by atoms with Gasteiger partial charge in [0.1, 0.15) is 10.3 Å². The Morgan fingerprint density at radius 1 is 1.30 bits per heavy atom. The molecule has 0 aliphatic carbocycles. The maximum absolute atomic E-state index is 12.4. The summed E-state index contributed by atoms with van der Waals surface area (Å²) in [4.78, 5) is 29.8. The minimum Gasteiger partial charge on any atom is -0.355 e. The molecule has 6 heteroatoms. The number of nitrogens with one attached hydrogen (secondary N) is 1. The first-order valence-electron chi connectivity index (χ1n) is 6.77. The van der Waals surface area contributed by atoms with Gasteiger partial charge in [0.15, 0.2) is 0 Å². The van der Waals surface area contributed by atoms with Gasteiger partial charge in [-0.2, -0.15) is 0 Å². The highest BCUT2D eigenvalue weighted by atomic mass is 79.9. The molecule has 0 radical (unpaired) electrons. The average molecular weight is 342 g/mol. The Morgan fingerprint density at radius 2 is 2.05 bits per heavy atom. The summed E-state index contributed by atoms with van der Waals surface area (Å²) < 4.78 is 0.607. The van der Waals surface area contributed by atoms with Crippen LogP contribution in [0.3, 0.4) is 0 Å². The fraction of sp³-hybridized carbons (Fsp3) is 0.500. The minimum atomic E-state index is -0.222. The van der Waals surface area contributed by atoms with E-state index in [1.165, 1.54) is 4.90 Å². The maximum atomic E-state index is 12.4. The van der Waals surface area contributed by atoms with Gasteiger partial charge in [-0.25, -0.2) is 4.98 Å². The quantitative estimate of drug-likeness (QED) is 0.773. The van der Waals surface area contributed by atoms with E-state index in [0.29, 0.717) is 23.4 Å². The standard InChI is InChI=1S/C14H20BrN3O2/c1-3-8-16-13(19)10-18(9-4-2)14(20)11-6-5-7-12(15)17-11/h5-7H,3-4,8-10H2,1-2H3,(H,16,19). The lowest BCUT2D eigenvalue weighted by molar-refractivity contribution is -0.121. The number of rotatable bonds is 7. The summed E-state index contributed by atoms with van der Waals surface area (Å²) in [5, 5.41) is 2.78. The summed E-state index contributed by atoms with van der Waals surface area (Å²) in [6.07, 6.45) is 1.67. The van der Waals surface area contributed by atoms with Gasteiger partial charge in [0.25, 0.3) is 5.91 Å². The molecule has 0 aromatic carbocycles. The molecule has 1 heterocycles. The van der Waals surface area contributed by atoms with Crippen LogP contribution in [0.15, 0.2) is 22.8 Å². The molecule has 110 valence electrons. The summed E-state index contributed by atoms with van der Waals surface area (Å²) in [5.74, 6) is -0.358. The Bertz CT molecular complexity index is 465. The molecule has 1 aromatic rings. The zero-order valence-electron chi connectivity index (χ0n) is 11.9. The minimum absolute atomic E-state index is 0.0703. The molecule has 0 saturated heterocycles. The summed E-state index contributed by atoms with van der Waals surface area (Å²) >= 11 is 3.24. The molecule has 0 unspecified atom stereocenters. The number of pyridine rings is 1.